The van der Waals surface area contributed by atoms with E-state index in [0.29, 0.717) is 16.5 Å². The molecule has 7 heteroatoms. The number of nitrogens with one attached hydrogen (secondary N) is 1. The molecular weight excluding hydrogens is 370 g/mol. The number of fused-ring (bicyclic) bond motifs is 1. The molecule has 0 saturated carbocycles. The van der Waals surface area contributed by atoms with Gasteiger partial charge in [-0.15, -0.1) is 0 Å². The van der Waals surface area contributed by atoms with Crippen LogP contribution in [-0.4, -0.2) is 24.8 Å². The van der Waals surface area contributed by atoms with Crippen molar-refractivity contribution in [3.63, 3.8) is 0 Å². The van der Waals surface area contributed by atoms with Crippen LogP contribution in [-0.2, 0) is 20.9 Å². The van der Waals surface area contributed by atoms with E-state index in [9.17, 15) is 9.59 Å². The van der Waals surface area contributed by atoms with Gasteiger partial charge in [-0.2, -0.15) is 0 Å². The van der Waals surface area contributed by atoms with Gasteiger partial charge in [0.2, 0.25) is 6.79 Å². The van der Waals surface area contributed by atoms with E-state index in [1.54, 1.807) is 42.5 Å². The Kier molecular flexibility index (Phi) is 5.98. The first-order chi connectivity index (χ1) is 13.0. The highest BCUT2D eigenvalue weighted by Crippen LogP contribution is 2.32. The highest BCUT2D eigenvalue weighted by atomic mass is 35.5. The molecule has 140 valence electrons. The molecule has 0 unspecified atom stereocenters. The Bertz CT molecular complexity index is 880. The molecule has 2 aromatic rings. The average molecular weight is 388 g/mol. The summed E-state index contributed by atoms with van der Waals surface area (Å²) in [6.07, 6.45) is 1.91. The Balaban J connectivity index is 1.47. The van der Waals surface area contributed by atoms with Crippen LogP contribution in [0.1, 0.15) is 18.1 Å². The SMILES string of the molecule is C[C@@H](OC(=O)/C=C/c1cccc(Cl)c1)C(=O)NCc1ccc2c(c1)OCO2. The van der Waals surface area contributed by atoms with Gasteiger partial charge >= 0.3 is 5.97 Å². The monoisotopic (exact) mass is 387 g/mol. The van der Waals surface area contributed by atoms with E-state index in [0.717, 1.165) is 11.1 Å². The standard InChI is InChI=1S/C20H18ClNO5/c1-13(27-19(23)8-6-14-3-2-4-16(21)9-14)20(24)22-11-15-5-7-17-18(10-15)26-12-25-17/h2-10,13H,11-12H2,1H3,(H,22,24)/b8-6+/t13-/m1/s1. The van der Waals surface area contributed by atoms with E-state index >= 15 is 0 Å². The molecule has 1 heterocycles. The lowest BCUT2D eigenvalue weighted by Gasteiger charge is -2.12. The molecule has 0 bridgehead atoms. The second-order valence-electron chi connectivity index (χ2n) is 5.87. The van der Waals surface area contributed by atoms with Gasteiger partial charge in [0.25, 0.3) is 5.91 Å². The molecule has 1 aliphatic rings. The van der Waals surface area contributed by atoms with Crippen LogP contribution in [0.15, 0.2) is 48.5 Å². The maximum atomic E-state index is 12.1. The first-order valence-corrected chi connectivity index (χ1v) is 8.69. The van der Waals surface area contributed by atoms with Gasteiger partial charge in [0.15, 0.2) is 17.6 Å². The van der Waals surface area contributed by atoms with Crippen molar-refractivity contribution in [3.8, 4) is 11.5 Å². The molecule has 27 heavy (non-hydrogen) atoms. The number of esters is 1. The van der Waals surface area contributed by atoms with Gasteiger partial charge in [-0.25, -0.2) is 4.79 Å². The summed E-state index contributed by atoms with van der Waals surface area (Å²) in [4.78, 5) is 24.0. The van der Waals surface area contributed by atoms with Crippen LogP contribution in [0.3, 0.4) is 0 Å². The highest BCUT2D eigenvalue weighted by molar-refractivity contribution is 6.30. The Hall–Kier alpha value is -2.99. The molecule has 0 spiro atoms. The minimum absolute atomic E-state index is 0.195. The summed E-state index contributed by atoms with van der Waals surface area (Å²) in [5.74, 6) is 0.323. The van der Waals surface area contributed by atoms with E-state index in [4.69, 9.17) is 25.8 Å². The van der Waals surface area contributed by atoms with Crippen molar-refractivity contribution in [1.82, 2.24) is 5.32 Å². The van der Waals surface area contributed by atoms with Crippen LogP contribution in [0.5, 0.6) is 11.5 Å². The van der Waals surface area contributed by atoms with E-state index in [1.807, 2.05) is 6.07 Å². The van der Waals surface area contributed by atoms with Crippen molar-refractivity contribution in [2.75, 3.05) is 6.79 Å². The minimum Gasteiger partial charge on any atom is -0.454 e. The number of benzene rings is 2. The molecule has 1 N–H and O–H groups in total. The van der Waals surface area contributed by atoms with Gasteiger partial charge in [-0.1, -0.05) is 29.8 Å². The van der Waals surface area contributed by atoms with Gasteiger partial charge in [-0.05, 0) is 48.4 Å². The molecule has 0 aliphatic carbocycles. The number of rotatable bonds is 6. The first kappa shape index (κ1) is 18.8. The third kappa shape index (κ3) is 5.24. The predicted octanol–water partition coefficient (Wildman–Crippen LogP) is 3.33. The van der Waals surface area contributed by atoms with Crippen LogP contribution in [0, 0.1) is 0 Å². The quantitative estimate of drug-likeness (QED) is 0.608. The van der Waals surface area contributed by atoms with Crippen LogP contribution in [0.4, 0.5) is 0 Å². The number of carbonyl (C=O) groups excluding carboxylic acids is 2. The smallest absolute Gasteiger partial charge is 0.331 e. The second-order valence-corrected chi connectivity index (χ2v) is 6.31. The number of hydrogen-bond donors (Lipinski definition) is 1. The van der Waals surface area contributed by atoms with E-state index < -0.39 is 18.0 Å². The van der Waals surface area contributed by atoms with E-state index in [1.165, 1.54) is 13.0 Å². The Labute approximate surface area is 161 Å². The number of ether oxygens (including phenoxy) is 3. The summed E-state index contributed by atoms with van der Waals surface area (Å²) in [5.41, 5.74) is 1.62. The third-order valence-electron chi connectivity index (χ3n) is 3.83. The number of amides is 1. The first-order valence-electron chi connectivity index (χ1n) is 8.32. The summed E-state index contributed by atoms with van der Waals surface area (Å²) >= 11 is 5.88. The molecule has 3 rings (SSSR count). The second kappa shape index (κ2) is 8.60. The fourth-order valence-electron chi connectivity index (χ4n) is 2.43. The third-order valence-corrected chi connectivity index (χ3v) is 4.06. The molecule has 0 aromatic heterocycles. The molecule has 1 amide bonds. The fraction of sp³-hybridized carbons (Fsp3) is 0.200. The van der Waals surface area contributed by atoms with Gasteiger partial charge in [0.05, 0.1) is 0 Å². The summed E-state index contributed by atoms with van der Waals surface area (Å²) in [6.45, 7) is 2.00. The summed E-state index contributed by atoms with van der Waals surface area (Å²) in [7, 11) is 0. The molecule has 0 saturated heterocycles. The summed E-state index contributed by atoms with van der Waals surface area (Å²) in [6, 6.07) is 12.5. The number of halogens is 1. The van der Waals surface area contributed by atoms with Gasteiger partial charge < -0.3 is 19.5 Å². The maximum absolute atomic E-state index is 12.1. The Morgan fingerprint density at radius 2 is 2.04 bits per heavy atom. The maximum Gasteiger partial charge on any atom is 0.331 e. The van der Waals surface area contributed by atoms with Gasteiger partial charge in [-0.3, -0.25) is 4.79 Å². The zero-order valence-corrected chi connectivity index (χ0v) is 15.4. The lowest BCUT2D eigenvalue weighted by Crippen LogP contribution is -2.35. The Morgan fingerprint density at radius 1 is 1.22 bits per heavy atom. The topological polar surface area (TPSA) is 73.9 Å². The van der Waals surface area contributed by atoms with Crippen molar-refractivity contribution in [2.45, 2.75) is 19.6 Å². The molecule has 6 nitrogen and oxygen atoms in total. The fourth-order valence-corrected chi connectivity index (χ4v) is 2.62. The Morgan fingerprint density at radius 3 is 2.85 bits per heavy atom. The van der Waals surface area contributed by atoms with Crippen molar-refractivity contribution >= 4 is 29.6 Å². The van der Waals surface area contributed by atoms with Crippen molar-refractivity contribution in [2.24, 2.45) is 0 Å². The summed E-state index contributed by atoms with van der Waals surface area (Å²) < 4.78 is 15.6. The molecule has 2 aromatic carbocycles. The van der Waals surface area contributed by atoms with Crippen LogP contribution >= 0.6 is 11.6 Å². The van der Waals surface area contributed by atoms with E-state index in [2.05, 4.69) is 5.32 Å². The normalized spacial score (nSPS) is 13.4. The zero-order valence-electron chi connectivity index (χ0n) is 14.6. The molecule has 0 radical (unpaired) electrons. The number of carbonyl (C=O) groups is 2. The minimum atomic E-state index is -0.921. The van der Waals surface area contributed by atoms with Crippen molar-refractivity contribution < 1.29 is 23.8 Å². The highest BCUT2D eigenvalue weighted by Gasteiger charge is 2.17. The lowest BCUT2D eigenvalue weighted by atomic mass is 10.2. The number of hydrogen-bond acceptors (Lipinski definition) is 5. The lowest BCUT2D eigenvalue weighted by molar-refractivity contribution is -0.150. The average Bonchev–Trinajstić information content (AvgIpc) is 3.12. The molecular formula is C20H18ClNO5. The van der Waals surface area contributed by atoms with Crippen LogP contribution in [0.2, 0.25) is 5.02 Å². The van der Waals surface area contributed by atoms with E-state index in [-0.39, 0.29) is 13.3 Å². The molecule has 1 atom stereocenters. The van der Waals surface area contributed by atoms with Crippen molar-refractivity contribution in [3.05, 3.63) is 64.7 Å². The van der Waals surface area contributed by atoms with Crippen LogP contribution < -0.4 is 14.8 Å². The largest absolute Gasteiger partial charge is 0.454 e. The van der Waals surface area contributed by atoms with Crippen molar-refractivity contribution in [1.29, 1.82) is 0 Å². The predicted molar refractivity (Wildman–Crippen MR) is 100 cm³/mol. The van der Waals surface area contributed by atoms with Crippen LogP contribution in [0.25, 0.3) is 6.08 Å². The van der Waals surface area contributed by atoms with Gasteiger partial charge in [0, 0.05) is 17.6 Å². The zero-order chi connectivity index (χ0) is 19.2. The molecule has 1 aliphatic heterocycles. The summed E-state index contributed by atoms with van der Waals surface area (Å²) in [5, 5.41) is 3.29. The van der Waals surface area contributed by atoms with Gasteiger partial charge in [0.1, 0.15) is 0 Å². The molecule has 0 fully saturated rings.